The minimum Gasteiger partial charge on any atom is -0.493 e. The number of para-hydroxylation sites is 2. The summed E-state index contributed by atoms with van der Waals surface area (Å²) in [5, 5.41) is 1.01. The molecule has 7 nitrogen and oxygen atoms in total. The summed E-state index contributed by atoms with van der Waals surface area (Å²) in [6.07, 6.45) is 0.455. The molecule has 1 fully saturated rings. The number of H-pyrrole nitrogens is 1. The maximum Gasteiger partial charge on any atom is 0.254 e. The lowest BCUT2D eigenvalue weighted by Crippen LogP contribution is -2.67. The molecule has 1 N–H and O–H groups in total. The molecule has 2 amide bonds. The van der Waals surface area contributed by atoms with Gasteiger partial charge in [0.05, 0.1) is 26.0 Å². The molecule has 0 radical (unpaired) electrons. The monoisotopic (exact) mass is 541 g/mol. The molecule has 1 aromatic heterocycles. The van der Waals surface area contributed by atoms with Crippen molar-refractivity contribution in [3.63, 3.8) is 0 Å². The standard InChI is InChI=1S/C32H32FN3O4/c1-4-40-29-22(12-8-14-26(29)39-3)24-18-36-27(37)19-35(16-15-20-9-7-10-21(33)17-20)31(38)32(36,2)30-28(24)23-11-5-6-13-25(23)34-30/h5-14,17,24,34H,4,15-16,18-19H2,1-3H3/t24-,32+/m1/s1. The molecule has 0 bridgehead atoms. The van der Waals surface area contributed by atoms with E-state index in [4.69, 9.17) is 9.47 Å². The fraction of sp³-hybridized carbons (Fsp3) is 0.312. The zero-order chi connectivity index (χ0) is 28.0. The normalized spacial score (nSPS) is 20.4. The average molecular weight is 542 g/mol. The van der Waals surface area contributed by atoms with Crippen molar-refractivity contribution in [2.45, 2.75) is 31.7 Å². The number of aromatic nitrogens is 1. The number of methoxy groups -OCH3 is 1. The van der Waals surface area contributed by atoms with Crippen LogP contribution >= 0.6 is 0 Å². The summed E-state index contributed by atoms with van der Waals surface area (Å²) in [5.74, 6) is 0.429. The maximum absolute atomic E-state index is 14.3. The Morgan fingerprint density at radius 2 is 1.88 bits per heavy atom. The third-order valence-corrected chi connectivity index (χ3v) is 8.27. The van der Waals surface area contributed by atoms with Crippen LogP contribution in [0.4, 0.5) is 4.39 Å². The van der Waals surface area contributed by atoms with Gasteiger partial charge in [-0.3, -0.25) is 9.59 Å². The van der Waals surface area contributed by atoms with E-state index in [-0.39, 0.29) is 30.1 Å². The van der Waals surface area contributed by atoms with Gasteiger partial charge in [-0.15, -0.1) is 0 Å². The Labute approximate surface area is 232 Å². The van der Waals surface area contributed by atoms with Crippen LogP contribution in [-0.2, 0) is 21.5 Å². The number of aromatic amines is 1. The molecule has 2 aliphatic rings. The lowest BCUT2D eigenvalue weighted by atomic mass is 9.76. The SMILES string of the molecule is CCOc1c(OC)cccc1[C@H]1CN2C(=O)CN(CCc3cccc(F)c3)C(=O)[C@]2(C)c2[nH]c3ccccc3c21. The number of hydrogen-bond donors (Lipinski definition) is 1. The zero-order valence-corrected chi connectivity index (χ0v) is 22.9. The second-order valence-corrected chi connectivity index (χ2v) is 10.5. The quantitative estimate of drug-likeness (QED) is 0.358. The Kier molecular flexibility index (Phi) is 6.49. The Hall–Kier alpha value is -4.33. The number of piperazine rings is 1. The van der Waals surface area contributed by atoms with Crippen LogP contribution in [0, 0.1) is 5.82 Å². The van der Waals surface area contributed by atoms with Crippen molar-refractivity contribution in [1.29, 1.82) is 0 Å². The second kappa shape index (κ2) is 10.0. The number of benzene rings is 3. The fourth-order valence-electron chi connectivity index (χ4n) is 6.36. The van der Waals surface area contributed by atoms with Gasteiger partial charge in [-0.1, -0.05) is 42.5 Å². The molecular formula is C32H32FN3O4. The highest BCUT2D eigenvalue weighted by Gasteiger charge is 2.56. The molecule has 2 aliphatic heterocycles. The predicted molar refractivity (Wildman–Crippen MR) is 150 cm³/mol. The average Bonchev–Trinajstić information content (AvgIpc) is 3.36. The molecule has 4 aromatic rings. The van der Waals surface area contributed by atoms with Gasteiger partial charge in [0.1, 0.15) is 5.82 Å². The van der Waals surface area contributed by atoms with Crippen molar-refractivity contribution >= 4 is 22.7 Å². The van der Waals surface area contributed by atoms with Gasteiger partial charge < -0.3 is 24.3 Å². The Morgan fingerprint density at radius 3 is 2.65 bits per heavy atom. The maximum atomic E-state index is 14.3. The molecule has 0 unspecified atom stereocenters. The number of hydrogen-bond acceptors (Lipinski definition) is 4. The number of fused-ring (bicyclic) bond motifs is 5. The number of carbonyl (C=O) groups excluding carboxylic acids is 2. The number of amides is 2. The summed E-state index contributed by atoms with van der Waals surface area (Å²) in [6.45, 7) is 4.84. The van der Waals surface area contributed by atoms with E-state index in [9.17, 15) is 14.0 Å². The first-order valence-corrected chi connectivity index (χ1v) is 13.6. The van der Waals surface area contributed by atoms with E-state index in [1.807, 2.05) is 62.4 Å². The number of nitrogens with one attached hydrogen (secondary N) is 1. The first-order chi connectivity index (χ1) is 19.4. The zero-order valence-electron chi connectivity index (χ0n) is 22.9. The molecular weight excluding hydrogens is 509 g/mol. The first kappa shape index (κ1) is 25.9. The summed E-state index contributed by atoms with van der Waals surface area (Å²) in [4.78, 5) is 34.9. The Morgan fingerprint density at radius 1 is 1.07 bits per heavy atom. The summed E-state index contributed by atoms with van der Waals surface area (Å²) in [5.41, 5.74) is 3.07. The van der Waals surface area contributed by atoms with Crippen LogP contribution in [0.3, 0.4) is 0 Å². The summed E-state index contributed by atoms with van der Waals surface area (Å²) >= 11 is 0. The van der Waals surface area contributed by atoms with Gasteiger partial charge in [0, 0.05) is 35.5 Å². The number of rotatable bonds is 7. The molecule has 0 saturated carbocycles. The molecule has 40 heavy (non-hydrogen) atoms. The summed E-state index contributed by atoms with van der Waals surface area (Å²) < 4.78 is 25.5. The second-order valence-electron chi connectivity index (χ2n) is 10.5. The number of carbonyl (C=O) groups is 2. The molecule has 1 saturated heterocycles. The lowest BCUT2D eigenvalue weighted by Gasteiger charge is -2.51. The summed E-state index contributed by atoms with van der Waals surface area (Å²) in [7, 11) is 1.61. The van der Waals surface area contributed by atoms with Crippen molar-refractivity contribution in [3.8, 4) is 11.5 Å². The molecule has 3 aromatic carbocycles. The van der Waals surface area contributed by atoms with Crippen LogP contribution in [0.1, 0.15) is 42.1 Å². The van der Waals surface area contributed by atoms with E-state index in [2.05, 4.69) is 4.98 Å². The molecule has 206 valence electrons. The van der Waals surface area contributed by atoms with Gasteiger partial charge in [-0.05, 0) is 55.7 Å². The third kappa shape index (κ3) is 4.01. The molecule has 6 rings (SSSR count). The fourth-order valence-corrected chi connectivity index (χ4v) is 6.36. The van der Waals surface area contributed by atoms with Crippen molar-refractivity contribution in [3.05, 3.63) is 94.9 Å². The van der Waals surface area contributed by atoms with Crippen LogP contribution in [0.2, 0.25) is 0 Å². The van der Waals surface area contributed by atoms with Crippen LogP contribution in [0.5, 0.6) is 11.5 Å². The van der Waals surface area contributed by atoms with Crippen LogP contribution in [-0.4, -0.2) is 59.9 Å². The number of ether oxygens (including phenoxy) is 2. The molecule has 2 atom stereocenters. The van der Waals surface area contributed by atoms with E-state index in [0.29, 0.717) is 43.3 Å². The van der Waals surface area contributed by atoms with Crippen molar-refractivity contribution < 1.29 is 23.5 Å². The molecule has 3 heterocycles. The van der Waals surface area contributed by atoms with Gasteiger partial charge in [0.2, 0.25) is 5.91 Å². The highest BCUT2D eigenvalue weighted by Crippen LogP contribution is 2.50. The highest BCUT2D eigenvalue weighted by atomic mass is 19.1. The Bertz CT molecular complexity index is 1620. The first-order valence-electron chi connectivity index (χ1n) is 13.6. The van der Waals surface area contributed by atoms with Crippen molar-refractivity contribution in [2.24, 2.45) is 0 Å². The predicted octanol–water partition coefficient (Wildman–Crippen LogP) is 4.99. The van der Waals surface area contributed by atoms with E-state index >= 15 is 0 Å². The Balaban J connectivity index is 1.47. The van der Waals surface area contributed by atoms with Gasteiger partial charge in [-0.2, -0.15) is 0 Å². The summed E-state index contributed by atoms with van der Waals surface area (Å²) in [6, 6.07) is 20.1. The number of halogens is 1. The van der Waals surface area contributed by atoms with Crippen LogP contribution in [0.15, 0.2) is 66.7 Å². The molecule has 0 spiro atoms. The van der Waals surface area contributed by atoms with Crippen molar-refractivity contribution in [1.82, 2.24) is 14.8 Å². The minimum atomic E-state index is -1.22. The van der Waals surface area contributed by atoms with E-state index in [1.165, 1.54) is 12.1 Å². The van der Waals surface area contributed by atoms with E-state index in [1.54, 1.807) is 23.0 Å². The van der Waals surface area contributed by atoms with Crippen LogP contribution in [0.25, 0.3) is 10.9 Å². The lowest BCUT2D eigenvalue weighted by molar-refractivity contribution is -0.166. The van der Waals surface area contributed by atoms with E-state index in [0.717, 1.165) is 27.6 Å². The molecule has 8 heteroatoms. The van der Waals surface area contributed by atoms with Gasteiger partial charge in [-0.25, -0.2) is 4.39 Å². The van der Waals surface area contributed by atoms with Gasteiger partial charge in [0.15, 0.2) is 17.0 Å². The van der Waals surface area contributed by atoms with E-state index < -0.39 is 5.54 Å². The molecule has 0 aliphatic carbocycles. The van der Waals surface area contributed by atoms with Gasteiger partial charge in [0.25, 0.3) is 5.91 Å². The minimum absolute atomic E-state index is 0.0253. The van der Waals surface area contributed by atoms with Gasteiger partial charge >= 0.3 is 0 Å². The van der Waals surface area contributed by atoms with Crippen molar-refractivity contribution in [2.75, 3.05) is 33.4 Å². The van der Waals surface area contributed by atoms with Crippen LogP contribution < -0.4 is 9.47 Å². The topological polar surface area (TPSA) is 74.9 Å². The largest absolute Gasteiger partial charge is 0.493 e. The number of nitrogens with zero attached hydrogens (tertiary/aromatic N) is 2. The smallest absolute Gasteiger partial charge is 0.254 e. The highest BCUT2D eigenvalue weighted by molar-refractivity contribution is 6.01. The third-order valence-electron chi connectivity index (χ3n) is 8.27.